The van der Waals surface area contributed by atoms with Crippen LogP contribution in [0.3, 0.4) is 0 Å². The van der Waals surface area contributed by atoms with Crippen molar-refractivity contribution in [1.29, 1.82) is 0 Å². The Morgan fingerprint density at radius 3 is 2.33 bits per heavy atom. The molecule has 102 valence electrons. The van der Waals surface area contributed by atoms with Crippen molar-refractivity contribution in [2.75, 3.05) is 13.2 Å². The van der Waals surface area contributed by atoms with Gasteiger partial charge >= 0.3 is 17.9 Å². The van der Waals surface area contributed by atoms with Crippen molar-refractivity contribution in [3.63, 3.8) is 0 Å². The number of carbonyl (C=O) groups excluding carboxylic acids is 2. The Morgan fingerprint density at radius 1 is 1.28 bits per heavy atom. The summed E-state index contributed by atoms with van der Waals surface area (Å²) in [6, 6.07) is 0. The Labute approximate surface area is 106 Å². The van der Waals surface area contributed by atoms with E-state index in [9.17, 15) is 14.4 Å². The lowest BCUT2D eigenvalue weighted by Gasteiger charge is -2.18. The second kappa shape index (κ2) is 7.47. The van der Waals surface area contributed by atoms with Crippen LogP contribution in [0.5, 0.6) is 0 Å². The molecule has 0 radical (unpaired) electrons. The molecule has 0 saturated carbocycles. The van der Waals surface area contributed by atoms with Gasteiger partial charge in [0.05, 0.1) is 13.2 Å². The first-order valence-corrected chi connectivity index (χ1v) is 5.56. The maximum absolute atomic E-state index is 11.5. The summed E-state index contributed by atoms with van der Waals surface area (Å²) < 4.78 is 9.38. The van der Waals surface area contributed by atoms with Crippen molar-refractivity contribution < 1.29 is 29.0 Å². The molecule has 0 heterocycles. The van der Waals surface area contributed by atoms with E-state index >= 15 is 0 Å². The minimum absolute atomic E-state index is 0.114. The number of hydrogen-bond acceptors (Lipinski definition) is 5. The van der Waals surface area contributed by atoms with Crippen molar-refractivity contribution in [2.24, 2.45) is 5.41 Å². The van der Waals surface area contributed by atoms with Crippen LogP contribution in [0.25, 0.3) is 0 Å². The molecule has 6 nitrogen and oxygen atoms in total. The SMILES string of the molecule is CCOC(=O)C(C)(C=CCCOC(C)=O)C(=O)O. The van der Waals surface area contributed by atoms with E-state index in [1.165, 1.54) is 26.0 Å². The third-order valence-electron chi connectivity index (χ3n) is 2.18. The van der Waals surface area contributed by atoms with E-state index in [4.69, 9.17) is 9.84 Å². The molecule has 0 saturated heterocycles. The van der Waals surface area contributed by atoms with Crippen LogP contribution < -0.4 is 0 Å². The molecule has 0 aromatic rings. The predicted octanol–water partition coefficient (Wildman–Crippen LogP) is 1.15. The number of carboxylic acids is 1. The lowest BCUT2D eigenvalue weighted by molar-refractivity contribution is -0.163. The van der Waals surface area contributed by atoms with Gasteiger partial charge in [0.2, 0.25) is 0 Å². The maximum Gasteiger partial charge on any atom is 0.327 e. The first kappa shape index (κ1) is 16.1. The molecule has 0 aliphatic carbocycles. The lowest BCUT2D eigenvalue weighted by Crippen LogP contribution is -2.36. The summed E-state index contributed by atoms with van der Waals surface area (Å²) in [7, 11) is 0. The Morgan fingerprint density at radius 2 is 1.89 bits per heavy atom. The van der Waals surface area contributed by atoms with Crippen molar-refractivity contribution in [3.05, 3.63) is 12.2 Å². The van der Waals surface area contributed by atoms with Crippen LogP contribution in [0.15, 0.2) is 12.2 Å². The fourth-order valence-electron chi connectivity index (χ4n) is 1.10. The second-order valence-electron chi connectivity index (χ2n) is 3.76. The Balaban J connectivity index is 4.52. The molecule has 0 aromatic heterocycles. The van der Waals surface area contributed by atoms with Gasteiger partial charge in [-0.05, 0) is 20.3 Å². The summed E-state index contributed by atoms with van der Waals surface area (Å²) in [6.07, 6.45) is 3.06. The van der Waals surface area contributed by atoms with Gasteiger partial charge in [0.25, 0.3) is 0 Å². The molecule has 1 atom stereocenters. The van der Waals surface area contributed by atoms with Crippen LogP contribution in [0, 0.1) is 5.41 Å². The maximum atomic E-state index is 11.5. The minimum Gasteiger partial charge on any atom is -0.480 e. The molecule has 0 rings (SSSR count). The first-order valence-electron chi connectivity index (χ1n) is 5.56. The van der Waals surface area contributed by atoms with Crippen molar-refractivity contribution in [2.45, 2.75) is 27.2 Å². The van der Waals surface area contributed by atoms with Gasteiger partial charge in [0, 0.05) is 6.92 Å². The van der Waals surface area contributed by atoms with Crippen molar-refractivity contribution in [1.82, 2.24) is 0 Å². The molecule has 0 bridgehead atoms. The van der Waals surface area contributed by atoms with Crippen LogP contribution in [0.4, 0.5) is 0 Å². The molecule has 0 amide bonds. The summed E-state index contributed by atoms with van der Waals surface area (Å²) in [6.45, 7) is 4.40. The van der Waals surface area contributed by atoms with E-state index in [-0.39, 0.29) is 13.2 Å². The first-order chi connectivity index (χ1) is 8.34. The van der Waals surface area contributed by atoms with Gasteiger partial charge in [0.15, 0.2) is 5.41 Å². The molecule has 0 aliphatic heterocycles. The van der Waals surface area contributed by atoms with E-state index in [0.29, 0.717) is 6.42 Å². The summed E-state index contributed by atoms with van der Waals surface area (Å²) in [5.41, 5.74) is -1.72. The van der Waals surface area contributed by atoms with Gasteiger partial charge in [-0.3, -0.25) is 14.4 Å². The molecule has 0 aromatic carbocycles. The highest BCUT2D eigenvalue weighted by Gasteiger charge is 2.40. The average Bonchev–Trinajstić information content (AvgIpc) is 2.27. The molecule has 18 heavy (non-hydrogen) atoms. The monoisotopic (exact) mass is 258 g/mol. The summed E-state index contributed by atoms with van der Waals surface area (Å²) in [4.78, 5) is 33.1. The highest BCUT2D eigenvalue weighted by Crippen LogP contribution is 2.21. The van der Waals surface area contributed by atoms with E-state index in [0.717, 1.165) is 0 Å². The number of carboxylic acid groups (broad SMARTS) is 1. The van der Waals surface area contributed by atoms with Crippen LogP contribution in [-0.4, -0.2) is 36.2 Å². The second-order valence-corrected chi connectivity index (χ2v) is 3.76. The van der Waals surface area contributed by atoms with Gasteiger partial charge in [-0.1, -0.05) is 12.2 Å². The molecular weight excluding hydrogens is 240 g/mol. The zero-order valence-electron chi connectivity index (χ0n) is 10.8. The fourth-order valence-corrected chi connectivity index (χ4v) is 1.10. The van der Waals surface area contributed by atoms with Crippen molar-refractivity contribution >= 4 is 17.9 Å². The van der Waals surface area contributed by atoms with Gasteiger partial charge in [-0.2, -0.15) is 0 Å². The molecule has 1 N–H and O–H groups in total. The van der Waals surface area contributed by atoms with Gasteiger partial charge in [0.1, 0.15) is 0 Å². The number of carbonyl (C=O) groups is 3. The van der Waals surface area contributed by atoms with Crippen LogP contribution >= 0.6 is 0 Å². The molecule has 0 aliphatic rings. The third-order valence-corrected chi connectivity index (χ3v) is 2.18. The topological polar surface area (TPSA) is 89.9 Å². The number of ether oxygens (including phenoxy) is 2. The van der Waals surface area contributed by atoms with E-state index in [1.54, 1.807) is 6.92 Å². The van der Waals surface area contributed by atoms with E-state index < -0.39 is 23.3 Å². The normalized spacial score (nSPS) is 13.9. The van der Waals surface area contributed by atoms with Crippen LogP contribution in [-0.2, 0) is 23.9 Å². The third kappa shape index (κ3) is 4.99. The smallest absolute Gasteiger partial charge is 0.327 e. The largest absolute Gasteiger partial charge is 0.480 e. The van der Waals surface area contributed by atoms with Crippen LogP contribution in [0.2, 0.25) is 0 Å². The minimum atomic E-state index is -1.72. The molecule has 0 spiro atoms. The zero-order valence-corrected chi connectivity index (χ0v) is 10.8. The Bertz CT molecular complexity index is 346. The lowest BCUT2D eigenvalue weighted by atomic mass is 9.90. The molecular formula is C12H18O6. The fraction of sp³-hybridized carbons (Fsp3) is 0.583. The number of aliphatic carboxylic acids is 1. The number of hydrogen-bond donors (Lipinski definition) is 1. The highest BCUT2D eigenvalue weighted by molar-refractivity contribution is 6.00. The molecule has 0 fully saturated rings. The quantitative estimate of drug-likeness (QED) is 0.319. The number of rotatable bonds is 7. The van der Waals surface area contributed by atoms with E-state index in [2.05, 4.69) is 4.74 Å². The molecule has 6 heteroatoms. The predicted molar refractivity (Wildman–Crippen MR) is 62.8 cm³/mol. The summed E-state index contributed by atoms with van der Waals surface area (Å²) >= 11 is 0. The van der Waals surface area contributed by atoms with Gasteiger partial charge in [-0.25, -0.2) is 0 Å². The average molecular weight is 258 g/mol. The van der Waals surface area contributed by atoms with Crippen molar-refractivity contribution in [3.8, 4) is 0 Å². The molecule has 1 unspecified atom stereocenters. The van der Waals surface area contributed by atoms with Gasteiger partial charge < -0.3 is 14.6 Å². The van der Waals surface area contributed by atoms with E-state index in [1.807, 2.05) is 0 Å². The van der Waals surface area contributed by atoms with Crippen LogP contribution in [0.1, 0.15) is 27.2 Å². The summed E-state index contributed by atoms with van der Waals surface area (Å²) in [5.74, 6) is -2.51. The Kier molecular flexibility index (Phi) is 6.70. The Hall–Kier alpha value is -1.85. The highest BCUT2D eigenvalue weighted by atomic mass is 16.5. The number of esters is 2. The zero-order chi connectivity index (χ0) is 14.2. The summed E-state index contributed by atoms with van der Waals surface area (Å²) in [5, 5.41) is 9.04. The van der Waals surface area contributed by atoms with Gasteiger partial charge in [-0.15, -0.1) is 0 Å². The standard InChI is InChI=1S/C12H18O6/c1-4-17-11(16)12(3,10(14)15)7-5-6-8-18-9(2)13/h5,7H,4,6,8H2,1-3H3,(H,14,15).